The molecule has 1 aliphatic heterocycles. The van der Waals surface area contributed by atoms with E-state index in [1.807, 2.05) is 134 Å². The molecular formula is C58H66N2O9P2. The zero-order valence-electron chi connectivity index (χ0n) is 41.6. The van der Waals surface area contributed by atoms with E-state index in [1.54, 1.807) is 29.2 Å². The summed E-state index contributed by atoms with van der Waals surface area (Å²) in [7, 11) is -7.29. The number of aromatic hydroxyl groups is 1. The molecule has 71 heavy (non-hydrogen) atoms. The van der Waals surface area contributed by atoms with Crippen LogP contribution in [0.1, 0.15) is 91.6 Å². The molecule has 0 radical (unpaired) electrons. The third-order valence-corrected chi connectivity index (χ3v) is 13.8. The lowest BCUT2D eigenvalue weighted by molar-refractivity contribution is 0.0990. The number of hydrogen-bond acceptors (Lipinski definition) is 10. The Bertz CT molecular complexity index is 2760. The van der Waals surface area contributed by atoms with Crippen molar-refractivity contribution in [3.05, 3.63) is 220 Å². The van der Waals surface area contributed by atoms with E-state index < -0.39 is 15.4 Å². The van der Waals surface area contributed by atoms with Crippen LogP contribution in [-0.2, 0) is 53.7 Å². The number of benzene rings is 6. The number of phenols is 1. The van der Waals surface area contributed by atoms with Crippen molar-refractivity contribution in [1.82, 2.24) is 0 Å². The number of carbonyl (C=O) groups is 1. The van der Waals surface area contributed by atoms with E-state index in [9.17, 15) is 19.0 Å². The first-order chi connectivity index (χ1) is 34.2. The van der Waals surface area contributed by atoms with Gasteiger partial charge in [0.15, 0.2) is 5.75 Å². The van der Waals surface area contributed by atoms with Gasteiger partial charge in [-0.2, -0.15) is 0 Å². The SMILES string of the molecule is CC(C)=CCC/C(C)=C/CC/C(C)=C/CN1C(=O)c2cccc(OP(=O)(OCc3ccccc3)OCc3ccccc3)c2Nc2c(O)cc(C)cc21.CP(=O)(OCc1ccccc1)OCc1ccccc1. The Morgan fingerprint density at radius 2 is 1.06 bits per heavy atom. The molecule has 372 valence electrons. The van der Waals surface area contributed by atoms with Crippen molar-refractivity contribution in [3.63, 3.8) is 0 Å². The number of allylic oxidation sites excluding steroid dienone is 5. The number of rotatable bonds is 22. The summed E-state index contributed by atoms with van der Waals surface area (Å²) in [6.45, 7) is 12.7. The molecular weight excluding hydrogens is 931 g/mol. The lowest BCUT2D eigenvalue weighted by Gasteiger charge is -2.23. The Kier molecular flexibility index (Phi) is 20.4. The second-order valence-electron chi connectivity index (χ2n) is 17.7. The van der Waals surface area contributed by atoms with Gasteiger partial charge in [0.05, 0.1) is 43.4 Å². The largest absolute Gasteiger partial charge is 0.530 e. The van der Waals surface area contributed by atoms with Crippen LogP contribution in [0.25, 0.3) is 0 Å². The molecule has 0 atom stereocenters. The maximum atomic E-state index is 14.4. The summed E-state index contributed by atoms with van der Waals surface area (Å²) in [5, 5.41) is 14.5. The Morgan fingerprint density at radius 3 is 1.55 bits per heavy atom. The molecule has 1 amide bonds. The van der Waals surface area contributed by atoms with Crippen LogP contribution in [-0.4, -0.2) is 24.2 Å². The Hall–Kier alpha value is -6.29. The number of para-hydroxylation sites is 1. The minimum atomic E-state index is -4.27. The molecule has 0 fully saturated rings. The molecule has 0 spiro atoms. The Morgan fingerprint density at radius 1 is 0.592 bits per heavy atom. The smallest absolute Gasteiger partial charge is 0.506 e. The van der Waals surface area contributed by atoms with E-state index in [2.05, 4.69) is 51.2 Å². The number of carbonyl (C=O) groups excluding carboxylic acids is 1. The fourth-order valence-corrected chi connectivity index (χ4v) is 9.42. The van der Waals surface area contributed by atoms with E-state index in [0.717, 1.165) is 59.1 Å². The van der Waals surface area contributed by atoms with Gasteiger partial charge in [0.2, 0.25) is 0 Å². The van der Waals surface area contributed by atoms with Crippen molar-refractivity contribution in [2.45, 2.75) is 86.7 Å². The van der Waals surface area contributed by atoms with Crippen molar-refractivity contribution in [1.29, 1.82) is 0 Å². The summed E-state index contributed by atoms with van der Waals surface area (Å²) in [5.41, 5.74) is 9.56. The fourth-order valence-electron chi connectivity index (χ4n) is 7.39. The second-order valence-corrected chi connectivity index (χ2v) is 21.4. The molecule has 6 aromatic rings. The summed E-state index contributed by atoms with van der Waals surface area (Å²) in [6, 6.07) is 46.3. The normalized spacial score (nSPS) is 12.7. The van der Waals surface area contributed by atoms with Crippen LogP contribution in [0.4, 0.5) is 17.1 Å². The number of anilines is 3. The van der Waals surface area contributed by atoms with Crippen molar-refractivity contribution in [2.75, 3.05) is 23.4 Å². The van der Waals surface area contributed by atoms with Gasteiger partial charge in [-0.25, -0.2) is 4.57 Å². The monoisotopic (exact) mass is 996 g/mol. The van der Waals surface area contributed by atoms with Gasteiger partial charge < -0.3 is 28.9 Å². The quantitative estimate of drug-likeness (QED) is 0.0385. The van der Waals surface area contributed by atoms with Crippen LogP contribution in [0.5, 0.6) is 11.5 Å². The molecule has 1 heterocycles. The van der Waals surface area contributed by atoms with Crippen molar-refractivity contribution >= 4 is 38.4 Å². The molecule has 13 heteroatoms. The van der Waals surface area contributed by atoms with Crippen LogP contribution in [0.2, 0.25) is 0 Å². The summed E-state index contributed by atoms with van der Waals surface area (Å²) >= 11 is 0. The summed E-state index contributed by atoms with van der Waals surface area (Å²) in [5.74, 6) is -0.253. The van der Waals surface area contributed by atoms with E-state index in [0.29, 0.717) is 24.6 Å². The highest BCUT2D eigenvalue weighted by molar-refractivity contribution is 7.52. The lowest BCUT2D eigenvalue weighted by Crippen LogP contribution is -2.30. The van der Waals surface area contributed by atoms with Gasteiger partial charge in [0.1, 0.15) is 11.4 Å². The van der Waals surface area contributed by atoms with Gasteiger partial charge in [-0.1, -0.05) is 162 Å². The van der Waals surface area contributed by atoms with Crippen LogP contribution >= 0.6 is 15.4 Å². The predicted molar refractivity (Wildman–Crippen MR) is 286 cm³/mol. The molecule has 6 aromatic carbocycles. The standard InChI is InChI=1S/C43H49N2O6P.C15H17O3P/c1-31(2)15-12-16-32(3)17-13-18-33(4)25-26-45-38-27-34(5)28-39(46)42(38)44-41-37(43(45)47)23-14-24-40(41)51-52(48,49-29-35-19-8-6-9-20-35)50-30-36-21-10-7-11-22-36;1-19(16,17-12-14-8-4-2-5-9-14)18-13-15-10-6-3-7-11-15/h6-11,14-15,17,19-25,27-28,44,46H,12-13,16,18,26,29-30H2,1-5H3;2-11H,12-13H2,1H3/b32-17+,33-25+;. The molecule has 0 saturated heterocycles. The third-order valence-electron chi connectivity index (χ3n) is 11.3. The van der Waals surface area contributed by atoms with Crippen LogP contribution in [0.15, 0.2) is 187 Å². The predicted octanol–water partition coefficient (Wildman–Crippen LogP) is 16.0. The third kappa shape index (κ3) is 17.5. The van der Waals surface area contributed by atoms with Gasteiger partial charge in [-0.05, 0) is 112 Å². The average Bonchev–Trinajstić information content (AvgIpc) is 3.48. The summed E-state index contributed by atoms with van der Waals surface area (Å²) in [4.78, 5) is 16.0. The maximum absolute atomic E-state index is 14.4. The molecule has 7 rings (SSSR count). The zero-order valence-corrected chi connectivity index (χ0v) is 43.4. The van der Waals surface area contributed by atoms with Crippen molar-refractivity contribution < 1.29 is 41.6 Å². The molecule has 0 saturated carbocycles. The first-order valence-electron chi connectivity index (χ1n) is 23.8. The molecule has 11 nitrogen and oxygen atoms in total. The first-order valence-corrected chi connectivity index (χ1v) is 27.2. The number of nitrogens with zero attached hydrogens (tertiary/aromatic N) is 1. The highest BCUT2D eigenvalue weighted by atomic mass is 31.2. The topological polar surface area (TPSA) is 133 Å². The highest BCUT2D eigenvalue weighted by Crippen LogP contribution is 2.54. The lowest BCUT2D eigenvalue weighted by atomic mass is 10.1. The minimum Gasteiger partial charge on any atom is -0.506 e. The molecule has 1 aliphatic rings. The fraction of sp³-hybridized carbons (Fsp3) is 0.259. The molecule has 0 aliphatic carbocycles. The van der Waals surface area contributed by atoms with E-state index in [1.165, 1.54) is 17.8 Å². The molecule has 0 bridgehead atoms. The Labute approximate surface area is 420 Å². The van der Waals surface area contributed by atoms with Crippen LogP contribution in [0, 0.1) is 6.92 Å². The number of amides is 1. The van der Waals surface area contributed by atoms with Crippen molar-refractivity contribution in [3.8, 4) is 11.5 Å². The zero-order chi connectivity index (χ0) is 50.6. The minimum absolute atomic E-state index is 0.0259. The number of nitrogens with one attached hydrogen (secondary N) is 1. The number of aryl methyl sites for hydroxylation is 1. The Balaban J connectivity index is 0.000000362. The van der Waals surface area contributed by atoms with Crippen molar-refractivity contribution in [2.24, 2.45) is 0 Å². The summed E-state index contributed by atoms with van der Waals surface area (Å²) in [6.07, 6.45) is 10.5. The molecule has 0 aromatic heterocycles. The van der Waals surface area contributed by atoms with Gasteiger partial charge in [-0.3, -0.25) is 18.4 Å². The van der Waals surface area contributed by atoms with Gasteiger partial charge in [0.25, 0.3) is 5.91 Å². The van der Waals surface area contributed by atoms with Gasteiger partial charge in [0, 0.05) is 13.2 Å². The number of phosphoric ester groups is 1. The number of phosphoric acid groups is 1. The van der Waals surface area contributed by atoms with Gasteiger partial charge in [-0.15, -0.1) is 0 Å². The first kappa shape index (κ1) is 54.1. The highest BCUT2D eigenvalue weighted by Gasteiger charge is 2.35. The average molecular weight is 997 g/mol. The molecule has 0 unspecified atom stereocenters. The van der Waals surface area contributed by atoms with E-state index >= 15 is 0 Å². The van der Waals surface area contributed by atoms with Gasteiger partial charge >= 0.3 is 15.4 Å². The van der Waals surface area contributed by atoms with Crippen LogP contribution < -0.4 is 14.7 Å². The number of hydrogen-bond donors (Lipinski definition) is 2. The maximum Gasteiger partial charge on any atom is 0.530 e. The van der Waals surface area contributed by atoms with Crippen LogP contribution in [0.3, 0.4) is 0 Å². The number of fused-ring (bicyclic) bond motifs is 2. The summed E-state index contributed by atoms with van der Waals surface area (Å²) < 4.78 is 55.1. The second kappa shape index (κ2) is 26.8. The number of phenolic OH excluding ortho intramolecular Hbond substituents is 1. The molecule has 2 N–H and O–H groups in total. The van der Waals surface area contributed by atoms with E-state index in [4.69, 9.17) is 22.6 Å². The van der Waals surface area contributed by atoms with E-state index in [-0.39, 0.29) is 48.4 Å².